The summed E-state index contributed by atoms with van der Waals surface area (Å²) in [6.45, 7) is -0.103. The number of carboxylic acid groups (broad SMARTS) is 1. The SMILES string of the molecule is CONS(=O)(=O)N(C)CCC(=O)O. The highest BCUT2D eigenvalue weighted by Crippen LogP contribution is 1.94. The van der Waals surface area contributed by atoms with Crippen molar-refractivity contribution in [3.05, 3.63) is 0 Å². The van der Waals surface area contributed by atoms with Gasteiger partial charge in [-0.15, -0.1) is 0 Å². The molecule has 8 heteroatoms. The van der Waals surface area contributed by atoms with Crippen LogP contribution in [-0.4, -0.2) is 44.5 Å². The molecular weight excluding hydrogens is 200 g/mol. The van der Waals surface area contributed by atoms with Gasteiger partial charge in [-0.2, -0.15) is 12.7 Å². The molecule has 0 bridgehead atoms. The summed E-state index contributed by atoms with van der Waals surface area (Å²) in [5.74, 6) is -1.06. The summed E-state index contributed by atoms with van der Waals surface area (Å²) in [5, 5.41) is 8.28. The topological polar surface area (TPSA) is 95.9 Å². The fourth-order valence-electron chi connectivity index (χ4n) is 0.542. The van der Waals surface area contributed by atoms with Crippen LogP contribution in [0.2, 0.25) is 0 Å². The summed E-state index contributed by atoms with van der Waals surface area (Å²) in [6, 6.07) is 0. The van der Waals surface area contributed by atoms with Crippen LogP contribution in [-0.2, 0) is 19.8 Å². The first-order valence-electron chi connectivity index (χ1n) is 3.38. The number of nitrogens with zero attached hydrogens (tertiary/aromatic N) is 1. The molecule has 0 saturated carbocycles. The number of rotatable bonds is 6. The molecule has 0 aliphatic rings. The summed E-state index contributed by atoms with van der Waals surface area (Å²) in [5.41, 5.74) is 0. The van der Waals surface area contributed by atoms with Gasteiger partial charge >= 0.3 is 16.2 Å². The zero-order valence-electron chi connectivity index (χ0n) is 7.35. The lowest BCUT2D eigenvalue weighted by Crippen LogP contribution is -2.38. The Morgan fingerprint density at radius 3 is 2.54 bits per heavy atom. The van der Waals surface area contributed by atoms with Crippen molar-refractivity contribution in [2.24, 2.45) is 0 Å². The van der Waals surface area contributed by atoms with Gasteiger partial charge in [-0.25, -0.2) is 0 Å². The lowest BCUT2D eigenvalue weighted by atomic mass is 10.4. The van der Waals surface area contributed by atoms with Gasteiger partial charge < -0.3 is 5.11 Å². The molecule has 0 aromatic carbocycles. The van der Waals surface area contributed by atoms with Crippen LogP contribution in [0.4, 0.5) is 0 Å². The Morgan fingerprint density at radius 2 is 2.15 bits per heavy atom. The van der Waals surface area contributed by atoms with Crippen molar-refractivity contribution in [2.75, 3.05) is 20.7 Å². The van der Waals surface area contributed by atoms with Gasteiger partial charge in [-0.1, -0.05) is 4.89 Å². The van der Waals surface area contributed by atoms with Gasteiger partial charge in [-0.05, 0) is 0 Å². The molecule has 0 amide bonds. The van der Waals surface area contributed by atoms with E-state index in [0.29, 0.717) is 0 Å². The third-order valence-electron chi connectivity index (χ3n) is 1.24. The number of aliphatic carboxylic acids is 1. The molecule has 0 aliphatic heterocycles. The van der Waals surface area contributed by atoms with E-state index in [4.69, 9.17) is 5.11 Å². The molecule has 0 spiro atoms. The van der Waals surface area contributed by atoms with Crippen molar-refractivity contribution < 1.29 is 23.2 Å². The fraction of sp³-hybridized carbons (Fsp3) is 0.800. The molecule has 0 aliphatic carbocycles. The molecule has 13 heavy (non-hydrogen) atoms. The van der Waals surface area contributed by atoms with Crippen molar-refractivity contribution in [1.82, 2.24) is 9.19 Å². The number of nitrogens with one attached hydrogen (secondary N) is 1. The molecule has 0 fully saturated rings. The van der Waals surface area contributed by atoms with E-state index in [-0.39, 0.29) is 13.0 Å². The Hall–Kier alpha value is -0.700. The molecule has 2 N–H and O–H groups in total. The van der Waals surface area contributed by atoms with Crippen LogP contribution in [0.25, 0.3) is 0 Å². The molecule has 0 unspecified atom stereocenters. The van der Waals surface area contributed by atoms with Crippen LogP contribution >= 0.6 is 0 Å². The maximum atomic E-state index is 11.0. The monoisotopic (exact) mass is 212 g/mol. The van der Waals surface area contributed by atoms with Gasteiger partial charge in [0.2, 0.25) is 0 Å². The van der Waals surface area contributed by atoms with Crippen LogP contribution in [0.3, 0.4) is 0 Å². The largest absolute Gasteiger partial charge is 0.481 e. The maximum Gasteiger partial charge on any atom is 0.304 e. The summed E-state index contributed by atoms with van der Waals surface area (Å²) in [4.78, 5) is 16.1. The Morgan fingerprint density at radius 1 is 1.62 bits per heavy atom. The van der Waals surface area contributed by atoms with Crippen LogP contribution in [0.1, 0.15) is 6.42 Å². The van der Waals surface area contributed by atoms with Gasteiger partial charge in [-0.3, -0.25) is 9.63 Å². The predicted molar refractivity (Wildman–Crippen MR) is 43.9 cm³/mol. The Kier molecular flexibility index (Phi) is 4.85. The Bertz CT molecular complexity index is 262. The van der Waals surface area contributed by atoms with Gasteiger partial charge in [0, 0.05) is 13.6 Å². The van der Waals surface area contributed by atoms with E-state index in [1.807, 2.05) is 0 Å². The van der Waals surface area contributed by atoms with Gasteiger partial charge in [0.15, 0.2) is 0 Å². The molecule has 0 heterocycles. The molecule has 0 saturated heterocycles. The first kappa shape index (κ1) is 12.3. The van der Waals surface area contributed by atoms with E-state index in [1.165, 1.54) is 7.05 Å². The standard InChI is InChI=1S/C5H12N2O5S/c1-7(4-3-5(8)9)13(10,11)6-12-2/h6H,3-4H2,1-2H3,(H,8,9). The highest BCUT2D eigenvalue weighted by atomic mass is 32.2. The van der Waals surface area contributed by atoms with E-state index in [1.54, 1.807) is 4.89 Å². The quantitative estimate of drug-likeness (QED) is 0.538. The third-order valence-corrected chi connectivity index (χ3v) is 2.62. The third kappa shape index (κ3) is 4.78. The van der Waals surface area contributed by atoms with Crippen molar-refractivity contribution in [3.63, 3.8) is 0 Å². The first-order valence-corrected chi connectivity index (χ1v) is 4.82. The van der Waals surface area contributed by atoms with Crippen molar-refractivity contribution >= 4 is 16.2 Å². The molecular formula is C5H12N2O5S. The minimum Gasteiger partial charge on any atom is -0.481 e. The number of carbonyl (C=O) groups is 1. The predicted octanol–water partition coefficient (Wildman–Crippen LogP) is -1.21. The van der Waals surface area contributed by atoms with Crippen molar-refractivity contribution in [3.8, 4) is 0 Å². The average molecular weight is 212 g/mol. The molecule has 78 valence electrons. The van der Waals surface area contributed by atoms with E-state index in [9.17, 15) is 13.2 Å². The second-order valence-electron chi connectivity index (χ2n) is 2.26. The Balaban J connectivity index is 4.09. The number of hydrogen-bond donors (Lipinski definition) is 2. The maximum absolute atomic E-state index is 11.0. The lowest BCUT2D eigenvalue weighted by molar-refractivity contribution is -0.137. The van der Waals surface area contributed by atoms with Crippen molar-refractivity contribution in [1.29, 1.82) is 0 Å². The molecule has 0 aromatic rings. The second kappa shape index (κ2) is 5.12. The minimum atomic E-state index is -3.71. The second-order valence-corrected chi connectivity index (χ2v) is 4.00. The summed E-state index contributed by atoms with van der Waals surface area (Å²) < 4.78 is 22.9. The molecule has 0 radical (unpaired) electrons. The van der Waals surface area contributed by atoms with Crippen LogP contribution < -0.4 is 4.89 Å². The highest BCUT2D eigenvalue weighted by Gasteiger charge is 2.17. The summed E-state index contributed by atoms with van der Waals surface area (Å²) in [6.07, 6.45) is -0.249. The highest BCUT2D eigenvalue weighted by molar-refractivity contribution is 7.86. The molecule has 0 aromatic heterocycles. The zero-order chi connectivity index (χ0) is 10.5. The molecule has 0 atom stereocenters. The Labute approximate surface area is 76.4 Å². The first-order chi connectivity index (χ1) is 5.90. The number of hydrogen-bond acceptors (Lipinski definition) is 4. The van der Waals surface area contributed by atoms with Crippen LogP contribution in [0.15, 0.2) is 0 Å². The number of carboxylic acids is 1. The van der Waals surface area contributed by atoms with Crippen molar-refractivity contribution in [2.45, 2.75) is 6.42 Å². The molecule has 7 nitrogen and oxygen atoms in total. The smallest absolute Gasteiger partial charge is 0.304 e. The molecule has 0 rings (SSSR count). The summed E-state index contributed by atoms with van der Waals surface area (Å²) in [7, 11) is -1.30. The van der Waals surface area contributed by atoms with Crippen LogP contribution in [0.5, 0.6) is 0 Å². The lowest BCUT2D eigenvalue weighted by Gasteiger charge is -2.14. The fourth-order valence-corrected chi connectivity index (χ4v) is 1.21. The van der Waals surface area contributed by atoms with Gasteiger partial charge in [0.25, 0.3) is 0 Å². The summed E-state index contributed by atoms with van der Waals surface area (Å²) >= 11 is 0. The minimum absolute atomic E-state index is 0.103. The van der Waals surface area contributed by atoms with E-state index < -0.39 is 16.2 Å². The zero-order valence-corrected chi connectivity index (χ0v) is 8.17. The van der Waals surface area contributed by atoms with Crippen LogP contribution in [0, 0.1) is 0 Å². The average Bonchev–Trinajstić information content (AvgIpc) is 1.99. The van der Waals surface area contributed by atoms with Gasteiger partial charge in [0.1, 0.15) is 0 Å². The van der Waals surface area contributed by atoms with E-state index >= 15 is 0 Å². The van der Waals surface area contributed by atoms with E-state index in [2.05, 4.69) is 4.84 Å². The van der Waals surface area contributed by atoms with Gasteiger partial charge in [0.05, 0.1) is 13.5 Å². The normalized spacial score (nSPS) is 11.9. The van der Waals surface area contributed by atoms with E-state index in [0.717, 1.165) is 11.4 Å².